The summed E-state index contributed by atoms with van der Waals surface area (Å²) in [4.78, 5) is 0. The van der Waals surface area contributed by atoms with Gasteiger partial charge in [0.15, 0.2) is 0 Å². The van der Waals surface area contributed by atoms with Gasteiger partial charge in [0.1, 0.15) is 5.82 Å². The van der Waals surface area contributed by atoms with Crippen LogP contribution < -0.4 is 0 Å². The molecule has 0 radical (unpaired) electrons. The molecule has 0 heterocycles. The number of benzene rings is 2. The van der Waals surface area contributed by atoms with Gasteiger partial charge in [-0.25, -0.2) is 4.39 Å². The van der Waals surface area contributed by atoms with Crippen molar-refractivity contribution in [3.63, 3.8) is 0 Å². The van der Waals surface area contributed by atoms with Crippen molar-refractivity contribution in [3.8, 4) is 0 Å². The van der Waals surface area contributed by atoms with Gasteiger partial charge in [-0.05, 0) is 47.9 Å². The van der Waals surface area contributed by atoms with Crippen molar-refractivity contribution in [1.82, 2.24) is 0 Å². The first-order valence-electron chi connectivity index (χ1n) is 5.74. The van der Waals surface area contributed by atoms with Gasteiger partial charge in [-0.15, -0.1) is 0 Å². The Morgan fingerprint density at radius 1 is 1.17 bits per heavy atom. The smallest absolute Gasteiger partial charge is 0.123 e. The maximum atomic E-state index is 12.8. The van der Waals surface area contributed by atoms with Crippen LogP contribution in [0.15, 0.2) is 42.5 Å². The van der Waals surface area contributed by atoms with Crippen LogP contribution in [0, 0.1) is 12.7 Å². The van der Waals surface area contributed by atoms with E-state index in [0.717, 1.165) is 16.7 Å². The van der Waals surface area contributed by atoms with Gasteiger partial charge in [0.25, 0.3) is 0 Å². The lowest BCUT2D eigenvalue weighted by atomic mass is 10.00. The normalized spacial score (nSPS) is 12.4. The summed E-state index contributed by atoms with van der Waals surface area (Å²) in [6.07, 6.45) is -0.187. The van der Waals surface area contributed by atoms with Crippen LogP contribution in [0.5, 0.6) is 0 Å². The molecule has 1 nitrogen and oxygen atoms in total. The van der Waals surface area contributed by atoms with Crippen LogP contribution in [0.4, 0.5) is 4.39 Å². The third kappa shape index (κ3) is 3.31. The van der Waals surface area contributed by atoms with Crippen LogP contribution in [0.25, 0.3) is 0 Å². The van der Waals surface area contributed by atoms with Gasteiger partial charge in [0.2, 0.25) is 0 Å². The zero-order chi connectivity index (χ0) is 13.1. The molecule has 0 aromatic heterocycles. The van der Waals surface area contributed by atoms with E-state index in [0.29, 0.717) is 11.4 Å². The first-order valence-corrected chi connectivity index (χ1v) is 6.12. The highest BCUT2D eigenvalue weighted by Crippen LogP contribution is 2.23. The molecule has 2 aromatic carbocycles. The van der Waals surface area contributed by atoms with Gasteiger partial charge >= 0.3 is 0 Å². The number of halogens is 2. The number of hydrogen-bond acceptors (Lipinski definition) is 1. The molecule has 1 atom stereocenters. The minimum atomic E-state index is -0.632. The summed E-state index contributed by atoms with van der Waals surface area (Å²) in [6, 6.07) is 11.6. The van der Waals surface area contributed by atoms with Gasteiger partial charge in [-0.2, -0.15) is 0 Å². The predicted octanol–water partition coefficient (Wildman–Crippen LogP) is 4.06. The Balaban J connectivity index is 2.16. The Morgan fingerprint density at radius 2 is 1.83 bits per heavy atom. The minimum absolute atomic E-state index is 0.271. The molecule has 0 amide bonds. The molecule has 3 heteroatoms. The lowest BCUT2D eigenvalue weighted by Gasteiger charge is -2.12. The minimum Gasteiger partial charge on any atom is -0.388 e. The summed E-state index contributed by atoms with van der Waals surface area (Å²) in [5, 5.41) is 10.8. The summed E-state index contributed by atoms with van der Waals surface area (Å²) >= 11 is 5.96. The van der Waals surface area contributed by atoms with Crippen LogP contribution in [-0.4, -0.2) is 5.11 Å². The van der Waals surface area contributed by atoms with Crippen molar-refractivity contribution in [3.05, 3.63) is 70.0 Å². The molecule has 0 aliphatic rings. The molecule has 94 valence electrons. The molecule has 0 saturated carbocycles. The monoisotopic (exact) mass is 264 g/mol. The van der Waals surface area contributed by atoms with Gasteiger partial charge in [0.05, 0.1) is 6.10 Å². The molecule has 0 aliphatic heterocycles. The number of aryl methyl sites for hydroxylation is 1. The average Bonchev–Trinajstić information content (AvgIpc) is 2.31. The highest BCUT2D eigenvalue weighted by Gasteiger charge is 2.10. The fourth-order valence-electron chi connectivity index (χ4n) is 1.92. The Hall–Kier alpha value is -1.38. The second kappa shape index (κ2) is 5.51. The van der Waals surface area contributed by atoms with Crippen molar-refractivity contribution in [2.75, 3.05) is 0 Å². The quantitative estimate of drug-likeness (QED) is 0.886. The molecular formula is C15H14ClFO. The highest BCUT2D eigenvalue weighted by atomic mass is 35.5. The van der Waals surface area contributed by atoms with Crippen LogP contribution in [0.1, 0.15) is 22.8 Å². The molecule has 0 aliphatic carbocycles. The molecular weight excluding hydrogens is 251 g/mol. The zero-order valence-electron chi connectivity index (χ0n) is 10.0. The molecule has 0 bridgehead atoms. The maximum Gasteiger partial charge on any atom is 0.123 e. The van der Waals surface area contributed by atoms with E-state index < -0.39 is 6.10 Å². The lowest BCUT2D eigenvalue weighted by molar-refractivity contribution is 0.178. The molecule has 2 rings (SSSR count). The lowest BCUT2D eigenvalue weighted by Crippen LogP contribution is -2.02. The number of hydrogen-bond donors (Lipinski definition) is 1. The SMILES string of the molecule is Cc1cc(Cl)cc(C(O)Cc2ccc(F)cc2)c1. The predicted molar refractivity (Wildman–Crippen MR) is 71.3 cm³/mol. The number of aliphatic hydroxyl groups is 1. The van der Waals surface area contributed by atoms with Crippen molar-refractivity contribution >= 4 is 11.6 Å². The molecule has 2 aromatic rings. The molecule has 0 fully saturated rings. The molecule has 18 heavy (non-hydrogen) atoms. The third-order valence-corrected chi connectivity index (χ3v) is 3.01. The molecule has 1 N–H and O–H groups in total. The van der Waals surface area contributed by atoms with Crippen molar-refractivity contribution in [2.45, 2.75) is 19.4 Å². The molecule has 0 saturated heterocycles. The summed E-state index contributed by atoms with van der Waals surface area (Å²) in [5.41, 5.74) is 2.68. The van der Waals surface area contributed by atoms with Crippen LogP contribution in [0.3, 0.4) is 0 Å². The Bertz CT molecular complexity index is 516. The zero-order valence-corrected chi connectivity index (χ0v) is 10.8. The standard InChI is InChI=1S/C15H14ClFO/c1-10-6-12(9-13(16)7-10)15(18)8-11-2-4-14(17)5-3-11/h2-7,9,15,18H,8H2,1H3. The Labute approximate surface area is 111 Å². The summed E-state index contributed by atoms with van der Waals surface area (Å²) < 4.78 is 12.8. The maximum absolute atomic E-state index is 12.8. The van der Waals surface area contributed by atoms with E-state index in [1.807, 2.05) is 19.1 Å². The van der Waals surface area contributed by atoms with E-state index in [-0.39, 0.29) is 5.82 Å². The Morgan fingerprint density at radius 3 is 2.44 bits per heavy atom. The highest BCUT2D eigenvalue weighted by molar-refractivity contribution is 6.30. The van der Waals surface area contributed by atoms with Crippen molar-refractivity contribution < 1.29 is 9.50 Å². The Kier molecular flexibility index (Phi) is 4.00. The van der Waals surface area contributed by atoms with Crippen LogP contribution in [-0.2, 0) is 6.42 Å². The molecule has 0 spiro atoms. The van der Waals surface area contributed by atoms with E-state index in [2.05, 4.69) is 0 Å². The van der Waals surface area contributed by atoms with Crippen LogP contribution >= 0.6 is 11.6 Å². The van der Waals surface area contributed by atoms with Crippen LogP contribution in [0.2, 0.25) is 5.02 Å². The second-order valence-electron chi connectivity index (χ2n) is 4.41. The summed E-state index contributed by atoms with van der Waals surface area (Å²) in [7, 11) is 0. The van der Waals surface area contributed by atoms with E-state index in [4.69, 9.17) is 11.6 Å². The topological polar surface area (TPSA) is 20.2 Å². The summed E-state index contributed by atoms with van der Waals surface area (Å²) in [5.74, 6) is -0.271. The average molecular weight is 265 g/mol. The van der Waals surface area contributed by atoms with Crippen molar-refractivity contribution in [1.29, 1.82) is 0 Å². The number of aliphatic hydroxyl groups excluding tert-OH is 1. The third-order valence-electron chi connectivity index (χ3n) is 2.79. The number of rotatable bonds is 3. The van der Waals surface area contributed by atoms with Gasteiger partial charge < -0.3 is 5.11 Å². The van der Waals surface area contributed by atoms with E-state index in [1.165, 1.54) is 12.1 Å². The summed E-state index contributed by atoms with van der Waals surface area (Å²) in [6.45, 7) is 1.93. The van der Waals surface area contributed by atoms with E-state index >= 15 is 0 Å². The first kappa shape index (κ1) is 13.1. The largest absolute Gasteiger partial charge is 0.388 e. The van der Waals surface area contributed by atoms with Gasteiger partial charge in [0, 0.05) is 11.4 Å². The fourth-order valence-corrected chi connectivity index (χ4v) is 2.22. The molecule has 1 unspecified atom stereocenters. The van der Waals surface area contributed by atoms with E-state index in [1.54, 1.807) is 18.2 Å². The fraction of sp³-hybridized carbons (Fsp3) is 0.200. The van der Waals surface area contributed by atoms with E-state index in [9.17, 15) is 9.50 Å². The van der Waals surface area contributed by atoms with Gasteiger partial charge in [-0.1, -0.05) is 29.8 Å². The van der Waals surface area contributed by atoms with Gasteiger partial charge in [-0.3, -0.25) is 0 Å². The van der Waals surface area contributed by atoms with Crippen molar-refractivity contribution in [2.24, 2.45) is 0 Å². The second-order valence-corrected chi connectivity index (χ2v) is 4.84. The first-order chi connectivity index (χ1) is 8.54.